The second-order valence-corrected chi connectivity index (χ2v) is 7.07. The monoisotopic (exact) mass is 442 g/mol. The third-order valence-corrected chi connectivity index (χ3v) is 5.10. The third-order valence-electron chi connectivity index (χ3n) is 5.10. The van der Waals surface area contributed by atoms with Gasteiger partial charge in [0.25, 0.3) is 0 Å². The number of halogens is 6. The fourth-order valence-corrected chi connectivity index (χ4v) is 3.63. The number of ether oxygens (including phenoxy) is 2. The smallest absolute Gasteiger partial charge is 0.388 e. The molecule has 2 aliphatic heterocycles. The number of rotatable bonds is 4. The summed E-state index contributed by atoms with van der Waals surface area (Å²) in [5, 5.41) is 23.2. The van der Waals surface area contributed by atoms with E-state index in [4.69, 9.17) is 9.47 Å². The summed E-state index contributed by atoms with van der Waals surface area (Å²) in [6, 6.07) is 3.13. The van der Waals surface area contributed by atoms with Crippen LogP contribution < -0.4 is 5.32 Å². The van der Waals surface area contributed by atoms with E-state index in [9.17, 15) is 36.6 Å². The number of aliphatic hydroxyl groups is 2. The van der Waals surface area contributed by atoms with Crippen molar-refractivity contribution in [2.75, 3.05) is 7.05 Å². The Kier molecular flexibility index (Phi) is 6.33. The summed E-state index contributed by atoms with van der Waals surface area (Å²) in [5.41, 5.74) is -1.62. The van der Waals surface area contributed by atoms with E-state index < -0.39 is 66.6 Å². The van der Waals surface area contributed by atoms with Gasteiger partial charge < -0.3 is 25.0 Å². The second-order valence-electron chi connectivity index (χ2n) is 7.07. The molecule has 0 saturated carbocycles. The van der Waals surface area contributed by atoms with E-state index in [2.05, 4.69) is 10.3 Å². The lowest BCUT2D eigenvalue weighted by Gasteiger charge is -2.42. The molecule has 30 heavy (non-hydrogen) atoms. The Morgan fingerprint density at radius 1 is 1.17 bits per heavy atom. The number of amidine groups is 1. The number of hydrogen-bond acceptors (Lipinski definition) is 6. The minimum atomic E-state index is -5.07. The highest BCUT2D eigenvalue weighted by atomic mass is 19.4. The van der Waals surface area contributed by atoms with Crippen molar-refractivity contribution in [2.45, 2.75) is 61.9 Å². The molecule has 1 aromatic carbocycles. The Bertz CT molecular complexity index is 785. The van der Waals surface area contributed by atoms with Gasteiger partial charge in [0, 0.05) is 13.5 Å². The highest BCUT2D eigenvalue weighted by molar-refractivity contribution is 5.84. The first-order valence-electron chi connectivity index (χ1n) is 9.03. The predicted octanol–water partition coefficient (Wildman–Crippen LogP) is 2.03. The maximum atomic E-state index is 13.7. The van der Waals surface area contributed by atoms with Crippen LogP contribution in [-0.4, -0.2) is 65.8 Å². The van der Waals surface area contributed by atoms with Gasteiger partial charge in [-0.05, 0) is 11.6 Å². The molecule has 2 aliphatic rings. The Hall–Kier alpha value is -1.89. The van der Waals surface area contributed by atoms with Gasteiger partial charge in [0.05, 0.1) is 24.1 Å². The molecule has 3 rings (SSSR count). The van der Waals surface area contributed by atoms with Crippen LogP contribution in [0.4, 0.5) is 26.3 Å². The van der Waals surface area contributed by atoms with Gasteiger partial charge in [0.1, 0.15) is 24.4 Å². The summed E-state index contributed by atoms with van der Waals surface area (Å²) in [6.07, 6.45) is -19.2. The van der Waals surface area contributed by atoms with Crippen molar-refractivity contribution in [3.63, 3.8) is 0 Å². The number of alkyl halides is 6. The van der Waals surface area contributed by atoms with Crippen LogP contribution in [0.5, 0.6) is 0 Å². The molecule has 0 aliphatic carbocycles. The largest absolute Gasteiger partial charge is 0.417 e. The standard InChI is InChI=1S/C18H20F6N2O4/c1-25-11-6-10-12(26-11)13(27)14(28)15(30-10)16(18(22,23)24)29-7-8-4-2-3-5-9(8)17(19,20)21/h2-5,10,12-16,27-28H,6-7H2,1H3,(H,25,26)/t10-,12+,13-,14+,15?,16-/m1/s1. The van der Waals surface area contributed by atoms with E-state index in [1.807, 2.05) is 0 Å². The minimum absolute atomic E-state index is 0.0862. The average Bonchev–Trinajstić information content (AvgIpc) is 3.07. The SMILES string of the molecule is CNC1=N[C@@H]2[C@@H](O)[C@H](O)C([C@@H](OCc3ccccc3C(F)(F)F)C(F)(F)F)O[C@@H]2C1. The molecule has 0 spiro atoms. The summed E-state index contributed by atoms with van der Waals surface area (Å²) >= 11 is 0. The van der Waals surface area contributed by atoms with E-state index in [-0.39, 0.29) is 6.42 Å². The molecule has 0 aromatic heterocycles. The van der Waals surface area contributed by atoms with Crippen LogP contribution in [0.15, 0.2) is 29.3 Å². The first-order valence-corrected chi connectivity index (χ1v) is 9.03. The van der Waals surface area contributed by atoms with Gasteiger partial charge in [0.2, 0.25) is 0 Å². The summed E-state index contributed by atoms with van der Waals surface area (Å²) in [4.78, 5) is 4.07. The molecule has 0 bridgehead atoms. The first kappa shape index (κ1) is 22.8. The Labute approximate surface area is 167 Å². The molecule has 2 heterocycles. The van der Waals surface area contributed by atoms with Gasteiger partial charge in [-0.25, -0.2) is 0 Å². The summed E-state index contributed by atoms with van der Waals surface area (Å²) in [6.45, 7) is -1.02. The Morgan fingerprint density at radius 3 is 2.43 bits per heavy atom. The predicted molar refractivity (Wildman–Crippen MR) is 91.7 cm³/mol. The normalized spacial score (nSPS) is 30.6. The highest BCUT2D eigenvalue weighted by Gasteiger charge is 2.56. The maximum Gasteiger partial charge on any atom is 0.417 e. The van der Waals surface area contributed by atoms with Crippen molar-refractivity contribution in [3.8, 4) is 0 Å². The van der Waals surface area contributed by atoms with Crippen molar-refractivity contribution < 1.29 is 46.0 Å². The van der Waals surface area contributed by atoms with Crippen LogP contribution in [-0.2, 0) is 22.3 Å². The highest BCUT2D eigenvalue weighted by Crippen LogP contribution is 2.38. The lowest BCUT2D eigenvalue weighted by Crippen LogP contribution is -2.62. The molecule has 6 nitrogen and oxygen atoms in total. The topological polar surface area (TPSA) is 83.3 Å². The average molecular weight is 442 g/mol. The van der Waals surface area contributed by atoms with E-state index in [1.54, 1.807) is 0 Å². The maximum absolute atomic E-state index is 13.7. The van der Waals surface area contributed by atoms with Crippen molar-refractivity contribution in [2.24, 2.45) is 4.99 Å². The van der Waals surface area contributed by atoms with Crippen LogP contribution in [0, 0.1) is 0 Å². The van der Waals surface area contributed by atoms with Gasteiger partial charge in [-0.15, -0.1) is 0 Å². The zero-order valence-corrected chi connectivity index (χ0v) is 15.6. The molecule has 6 atom stereocenters. The van der Waals surface area contributed by atoms with E-state index in [0.29, 0.717) is 5.84 Å². The van der Waals surface area contributed by atoms with Crippen LogP contribution >= 0.6 is 0 Å². The van der Waals surface area contributed by atoms with E-state index in [0.717, 1.165) is 18.2 Å². The zero-order valence-electron chi connectivity index (χ0n) is 15.6. The van der Waals surface area contributed by atoms with E-state index in [1.165, 1.54) is 13.1 Å². The second kappa shape index (κ2) is 8.33. The molecule has 168 valence electrons. The lowest BCUT2D eigenvalue weighted by atomic mass is 9.90. The summed E-state index contributed by atoms with van der Waals surface area (Å²) < 4.78 is 90.5. The number of hydrogen-bond donors (Lipinski definition) is 3. The molecule has 3 N–H and O–H groups in total. The quantitative estimate of drug-likeness (QED) is 0.622. The van der Waals surface area contributed by atoms with Crippen LogP contribution in [0.25, 0.3) is 0 Å². The number of nitrogens with one attached hydrogen (secondary N) is 1. The number of aliphatic imine (C=N–C) groups is 1. The number of aliphatic hydroxyl groups excluding tert-OH is 2. The molecule has 1 unspecified atom stereocenters. The third kappa shape index (κ3) is 4.56. The number of fused-ring (bicyclic) bond motifs is 1. The molecule has 1 fully saturated rings. The van der Waals surface area contributed by atoms with Crippen LogP contribution in [0.2, 0.25) is 0 Å². The van der Waals surface area contributed by atoms with Crippen molar-refractivity contribution in [1.82, 2.24) is 5.32 Å². The first-order chi connectivity index (χ1) is 13.9. The van der Waals surface area contributed by atoms with E-state index >= 15 is 0 Å². The van der Waals surface area contributed by atoms with Gasteiger partial charge >= 0.3 is 12.4 Å². The van der Waals surface area contributed by atoms with Gasteiger partial charge in [-0.1, -0.05) is 18.2 Å². The summed E-state index contributed by atoms with van der Waals surface area (Å²) in [7, 11) is 1.54. The van der Waals surface area contributed by atoms with Gasteiger partial charge in [0.15, 0.2) is 6.10 Å². The molecule has 12 heteroatoms. The molecule has 1 saturated heterocycles. The molecular formula is C18H20F6N2O4. The molecule has 0 radical (unpaired) electrons. The van der Waals surface area contributed by atoms with Crippen molar-refractivity contribution in [3.05, 3.63) is 35.4 Å². The number of benzene rings is 1. The number of nitrogens with zero attached hydrogens (tertiary/aromatic N) is 1. The van der Waals surface area contributed by atoms with Crippen LogP contribution in [0.3, 0.4) is 0 Å². The van der Waals surface area contributed by atoms with Crippen LogP contribution in [0.1, 0.15) is 17.5 Å². The van der Waals surface area contributed by atoms with Crippen molar-refractivity contribution >= 4 is 5.84 Å². The fourth-order valence-electron chi connectivity index (χ4n) is 3.63. The molecule has 1 aromatic rings. The fraction of sp³-hybridized carbons (Fsp3) is 0.611. The lowest BCUT2D eigenvalue weighted by molar-refractivity contribution is -0.293. The van der Waals surface area contributed by atoms with Gasteiger partial charge in [-0.3, -0.25) is 4.99 Å². The van der Waals surface area contributed by atoms with Gasteiger partial charge in [-0.2, -0.15) is 26.3 Å². The molecule has 0 amide bonds. The Morgan fingerprint density at radius 2 is 1.83 bits per heavy atom. The summed E-state index contributed by atoms with van der Waals surface area (Å²) in [5.74, 6) is 0.389. The Balaban J connectivity index is 1.81. The van der Waals surface area contributed by atoms with Crippen molar-refractivity contribution in [1.29, 1.82) is 0 Å². The minimum Gasteiger partial charge on any atom is -0.388 e. The molecular weight excluding hydrogens is 422 g/mol. The zero-order chi connectivity index (χ0) is 22.3.